The molecule has 1 aliphatic carbocycles. The molecule has 110 valence electrons. The number of hydrogen-bond acceptors (Lipinski definition) is 4. The Balaban J connectivity index is 1.95. The Kier molecular flexibility index (Phi) is 5.83. The average molecular weight is 340 g/mol. The summed E-state index contributed by atoms with van der Waals surface area (Å²) in [5.74, 6) is 2.48. The van der Waals surface area contributed by atoms with Crippen LogP contribution in [0.5, 0.6) is 5.88 Å². The molecule has 1 heterocycles. The minimum absolute atomic E-state index is 0.564. The van der Waals surface area contributed by atoms with E-state index in [4.69, 9.17) is 4.74 Å². The standard InChI is InChI=1S/C15H22BrN3O/c1-3-8-17-15-18-9-13(16)14(19-15)20-10-12-7-5-4-6-11(12)2/h4-5,9,11-12H,3,6-8,10H2,1-2H3,(H,17,18,19). The van der Waals surface area contributed by atoms with Crippen LogP contribution in [0.2, 0.25) is 0 Å². The summed E-state index contributed by atoms with van der Waals surface area (Å²) in [4.78, 5) is 8.64. The molecule has 1 aliphatic rings. The van der Waals surface area contributed by atoms with E-state index in [1.807, 2.05) is 0 Å². The first-order valence-electron chi connectivity index (χ1n) is 7.25. The van der Waals surface area contributed by atoms with Crippen molar-refractivity contribution in [3.05, 3.63) is 22.8 Å². The molecular weight excluding hydrogens is 318 g/mol. The highest BCUT2D eigenvalue weighted by atomic mass is 79.9. The summed E-state index contributed by atoms with van der Waals surface area (Å²) >= 11 is 3.45. The van der Waals surface area contributed by atoms with Crippen LogP contribution < -0.4 is 10.1 Å². The van der Waals surface area contributed by atoms with Crippen LogP contribution in [0.15, 0.2) is 22.8 Å². The Morgan fingerprint density at radius 1 is 1.40 bits per heavy atom. The molecule has 2 rings (SSSR count). The second-order valence-electron chi connectivity index (χ2n) is 5.26. The van der Waals surface area contributed by atoms with Gasteiger partial charge in [0.25, 0.3) is 0 Å². The summed E-state index contributed by atoms with van der Waals surface area (Å²) in [5.41, 5.74) is 0. The van der Waals surface area contributed by atoms with Crippen molar-refractivity contribution in [3.8, 4) is 5.88 Å². The fourth-order valence-electron chi connectivity index (χ4n) is 2.20. The minimum Gasteiger partial charge on any atom is -0.476 e. The van der Waals surface area contributed by atoms with Gasteiger partial charge in [0, 0.05) is 6.54 Å². The van der Waals surface area contributed by atoms with E-state index in [9.17, 15) is 0 Å². The van der Waals surface area contributed by atoms with E-state index >= 15 is 0 Å². The third-order valence-corrected chi connectivity index (χ3v) is 4.14. The Bertz CT molecular complexity index is 464. The predicted octanol–water partition coefficient (Wildman–Crippen LogP) is 4.04. The number of hydrogen-bond donors (Lipinski definition) is 1. The van der Waals surface area contributed by atoms with Crippen molar-refractivity contribution >= 4 is 21.9 Å². The molecule has 1 N–H and O–H groups in total. The van der Waals surface area contributed by atoms with Crippen LogP contribution >= 0.6 is 15.9 Å². The number of allylic oxidation sites excluding steroid dienone is 2. The monoisotopic (exact) mass is 339 g/mol. The summed E-state index contributed by atoms with van der Waals surface area (Å²) in [7, 11) is 0. The Labute approximate surface area is 129 Å². The van der Waals surface area contributed by atoms with Gasteiger partial charge in [-0.1, -0.05) is 26.0 Å². The molecule has 0 aliphatic heterocycles. The van der Waals surface area contributed by atoms with Gasteiger partial charge >= 0.3 is 0 Å². The van der Waals surface area contributed by atoms with E-state index in [1.165, 1.54) is 0 Å². The van der Waals surface area contributed by atoms with Gasteiger partial charge in [-0.15, -0.1) is 0 Å². The van der Waals surface area contributed by atoms with E-state index in [2.05, 4.69) is 57.2 Å². The third kappa shape index (κ3) is 4.20. The van der Waals surface area contributed by atoms with Gasteiger partial charge in [-0.3, -0.25) is 0 Å². The van der Waals surface area contributed by atoms with Gasteiger partial charge in [0.2, 0.25) is 11.8 Å². The summed E-state index contributed by atoms with van der Waals surface area (Å²) < 4.78 is 6.70. The molecule has 4 nitrogen and oxygen atoms in total. The summed E-state index contributed by atoms with van der Waals surface area (Å²) in [5, 5.41) is 3.17. The highest BCUT2D eigenvalue weighted by Gasteiger charge is 2.19. The lowest BCUT2D eigenvalue weighted by Crippen LogP contribution is -2.21. The molecule has 20 heavy (non-hydrogen) atoms. The second-order valence-corrected chi connectivity index (χ2v) is 6.12. The van der Waals surface area contributed by atoms with Gasteiger partial charge in [0.05, 0.1) is 17.3 Å². The maximum absolute atomic E-state index is 5.90. The summed E-state index contributed by atoms with van der Waals surface area (Å²) in [6.45, 7) is 5.96. The van der Waals surface area contributed by atoms with Crippen LogP contribution in [-0.2, 0) is 0 Å². The topological polar surface area (TPSA) is 47.0 Å². The van der Waals surface area contributed by atoms with E-state index in [-0.39, 0.29) is 0 Å². The largest absolute Gasteiger partial charge is 0.476 e. The predicted molar refractivity (Wildman–Crippen MR) is 85.0 cm³/mol. The van der Waals surface area contributed by atoms with E-state index in [0.29, 0.717) is 30.3 Å². The Morgan fingerprint density at radius 3 is 2.95 bits per heavy atom. The number of anilines is 1. The quantitative estimate of drug-likeness (QED) is 0.794. The molecule has 0 bridgehead atoms. The first kappa shape index (κ1) is 15.3. The molecule has 2 unspecified atom stereocenters. The summed E-state index contributed by atoms with van der Waals surface area (Å²) in [6.07, 6.45) is 9.52. The highest BCUT2D eigenvalue weighted by Crippen LogP contribution is 2.28. The molecule has 0 saturated carbocycles. The van der Waals surface area contributed by atoms with Gasteiger partial charge in [-0.25, -0.2) is 4.98 Å². The number of nitrogens with zero attached hydrogens (tertiary/aromatic N) is 2. The number of ether oxygens (including phenoxy) is 1. The van der Waals surface area contributed by atoms with Crippen molar-refractivity contribution < 1.29 is 4.74 Å². The fraction of sp³-hybridized carbons (Fsp3) is 0.600. The second kappa shape index (κ2) is 7.62. The van der Waals surface area contributed by atoms with Crippen molar-refractivity contribution in [2.24, 2.45) is 11.8 Å². The molecule has 0 radical (unpaired) electrons. The average Bonchev–Trinajstić information content (AvgIpc) is 2.46. The maximum Gasteiger partial charge on any atom is 0.232 e. The zero-order valence-electron chi connectivity index (χ0n) is 12.1. The van der Waals surface area contributed by atoms with Crippen LogP contribution in [0.1, 0.15) is 33.1 Å². The summed E-state index contributed by atoms with van der Waals surface area (Å²) in [6, 6.07) is 0. The van der Waals surface area contributed by atoms with Crippen LogP contribution in [-0.4, -0.2) is 23.1 Å². The van der Waals surface area contributed by atoms with Gasteiger partial charge in [0.1, 0.15) is 0 Å². The fourth-order valence-corrected chi connectivity index (χ4v) is 2.51. The molecule has 0 spiro atoms. The molecule has 0 amide bonds. The maximum atomic E-state index is 5.90. The van der Waals surface area contributed by atoms with Crippen molar-refractivity contribution in [2.75, 3.05) is 18.5 Å². The molecule has 0 fully saturated rings. The molecule has 0 saturated heterocycles. The van der Waals surface area contributed by atoms with Crippen LogP contribution in [0.4, 0.5) is 5.95 Å². The van der Waals surface area contributed by atoms with Gasteiger partial charge < -0.3 is 10.1 Å². The van der Waals surface area contributed by atoms with Crippen LogP contribution in [0.3, 0.4) is 0 Å². The Hall–Kier alpha value is -1.10. The third-order valence-electron chi connectivity index (χ3n) is 3.60. The number of nitrogens with one attached hydrogen (secondary N) is 1. The smallest absolute Gasteiger partial charge is 0.232 e. The lowest BCUT2D eigenvalue weighted by molar-refractivity contribution is 0.191. The lowest BCUT2D eigenvalue weighted by atomic mass is 9.85. The molecule has 5 heteroatoms. The van der Waals surface area contributed by atoms with Crippen molar-refractivity contribution in [2.45, 2.75) is 33.1 Å². The van der Waals surface area contributed by atoms with E-state index in [1.54, 1.807) is 6.20 Å². The zero-order valence-corrected chi connectivity index (χ0v) is 13.7. The van der Waals surface area contributed by atoms with Gasteiger partial charge in [0.15, 0.2) is 0 Å². The number of rotatable bonds is 6. The molecule has 1 aromatic heterocycles. The lowest BCUT2D eigenvalue weighted by Gasteiger charge is -2.25. The highest BCUT2D eigenvalue weighted by molar-refractivity contribution is 9.10. The van der Waals surface area contributed by atoms with E-state index < -0.39 is 0 Å². The minimum atomic E-state index is 0.564. The van der Waals surface area contributed by atoms with Crippen molar-refractivity contribution in [3.63, 3.8) is 0 Å². The van der Waals surface area contributed by atoms with Gasteiger partial charge in [-0.2, -0.15) is 4.98 Å². The van der Waals surface area contributed by atoms with Crippen molar-refractivity contribution in [1.82, 2.24) is 9.97 Å². The first-order chi connectivity index (χ1) is 9.70. The van der Waals surface area contributed by atoms with Crippen LogP contribution in [0, 0.1) is 11.8 Å². The number of halogens is 1. The molecule has 0 aromatic carbocycles. The molecule has 2 atom stereocenters. The molecular formula is C15H22BrN3O. The SMILES string of the molecule is CCCNc1ncc(Br)c(OCC2CC=CCC2C)n1. The Morgan fingerprint density at radius 2 is 2.20 bits per heavy atom. The van der Waals surface area contributed by atoms with Gasteiger partial charge in [-0.05, 0) is 47.0 Å². The van der Waals surface area contributed by atoms with Crippen LogP contribution in [0.25, 0.3) is 0 Å². The first-order valence-corrected chi connectivity index (χ1v) is 8.04. The normalized spacial score (nSPS) is 21.8. The molecule has 1 aromatic rings. The number of aromatic nitrogens is 2. The van der Waals surface area contributed by atoms with Crippen molar-refractivity contribution in [1.29, 1.82) is 0 Å². The van der Waals surface area contributed by atoms with E-state index in [0.717, 1.165) is 30.3 Å². The zero-order chi connectivity index (χ0) is 14.4.